The van der Waals surface area contributed by atoms with E-state index in [9.17, 15) is 19.1 Å². The molecule has 2 rings (SSSR count). The first-order chi connectivity index (χ1) is 9.99. The normalized spacial score (nSPS) is 10.2. The van der Waals surface area contributed by atoms with Crippen LogP contribution in [0.4, 0.5) is 4.39 Å². The van der Waals surface area contributed by atoms with Crippen LogP contribution >= 0.6 is 15.9 Å². The van der Waals surface area contributed by atoms with Crippen LogP contribution in [0, 0.1) is 5.82 Å². The van der Waals surface area contributed by atoms with E-state index in [1.165, 1.54) is 30.3 Å². The van der Waals surface area contributed by atoms with Gasteiger partial charge in [0, 0.05) is 4.47 Å². The van der Waals surface area contributed by atoms with Gasteiger partial charge in [-0.1, -0.05) is 28.1 Å². The van der Waals surface area contributed by atoms with Crippen LogP contribution in [0.15, 0.2) is 46.9 Å². The summed E-state index contributed by atoms with van der Waals surface area (Å²) in [6.45, 7) is -0.605. The maximum atomic E-state index is 13.4. The molecule has 0 saturated heterocycles. The number of phenolic OH excluding ortho intramolecular Hbond substituents is 1. The fraction of sp³-hybridized carbons (Fsp3) is 0.0667. The van der Waals surface area contributed by atoms with Crippen LogP contribution in [-0.4, -0.2) is 23.5 Å². The standard InChI is InChI=1S/C15H10BrFO4/c16-9-5-6-13(18)11(7-9)15(20)21-8-14(19)10-3-1-2-4-12(10)17/h1-7,18H,8H2. The van der Waals surface area contributed by atoms with Crippen LogP contribution < -0.4 is 0 Å². The fourth-order valence-corrected chi connectivity index (χ4v) is 2.01. The summed E-state index contributed by atoms with van der Waals surface area (Å²) in [4.78, 5) is 23.6. The average Bonchev–Trinajstić information content (AvgIpc) is 2.47. The van der Waals surface area contributed by atoms with Crippen molar-refractivity contribution in [3.63, 3.8) is 0 Å². The van der Waals surface area contributed by atoms with Crippen molar-refractivity contribution in [1.82, 2.24) is 0 Å². The zero-order chi connectivity index (χ0) is 15.4. The van der Waals surface area contributed by atoms with Crippen molar-refractivity contribution >= 4 is 27.7 Å². The van der Waals surface area contributed by atoms with E-state index >= 15 is 0 Å². The van der Waals surface area contributed by atoms with Gasteiger partial charge >= 0.3 is 5.97 Å². The van der Waals surface area contributed by atoms with E-state index < -0.39 is 24.2 Å². The molecule has 0 aromatic heterocycles. The molecule has 2 aromatic rings. The Bertz CT molecular complexity index is 700. The Morgan fingerprint density at radius 1 is 1.14 bits per heavy atom. The smallest absolute Gasteiger partial charge is 0.342 e. The summed E-state index contributed by atoms with van der Waals surface area (Å²) >= 11 is 3.16. The Labute approximate surface area is 128 Å². The molecule has 0 heterocycles. The number of hydrogen-bond acceptors (Lipinski definition) is 4. The second-order valence-electron chi connectivity index (χ2n) is 4.14. The summed E-state index contributed by atoms with van der Waals surface area (Å²) in [6.07, 6.45) is 0. The van der Waals surface area contributed by atoms with Crippen LogP contribution in [0.5, 0.6) is 5.75 Å². The molecule has 0 amide bonds. The van der Waals surface area contributed by atoms with Gasteiger partial charge in [0.25, 0.3) is 0 Å². The van der Waals surface area contributed by atoms with Gasteiger partial charge in [-0.3, -0.25) is 4.79 Å². The lowest BCUT2D eigenvalue weighted by Gasteiger charge is -2.07. The molecule has 4 nitrogen and oxygen atoms in total. The Kier molecular flexibility index (Phi) is 4.70. The molecule has 0 aliphatic heterocycles. The lowest BCUT2D eigenvalue weighted by atomic mass is 10.1. The number of ketones is 1. The molecule has 21 heavy (non-hydrogen) atoms. The number of ether oxygens (including phenoxy) is 1. The molecule has 2 aromatic carbocycles. The Balaban J connectivity index is 2.06. The number of carbonyl (C=O) groups is 2. The summed E-state index contributed by atoms with van der Waals surface area (Å²) in [5.41, 5.74) is -0.227. The van der Waals surface area contributed by atoms with Crippen LogP contribution in [0.3, 0.4) is 0 Å². The van der Waals surface area contributed by atoms with Gasteiger partial charge in [0.1, 0.15) is 17.1 Å². The minimum atomic E-state index is -0.863. The molecule has 0 radical (unpaired) electrons. The molecular formula is C15H10BrFO4. The van der Waals surface area contributed by atoms with Crippen molar-refractivity contribution in [2.75, 3.05) is 6.61 Å². The van der Waals surface area contributed by atoms with Crippen molar-refractivity contribution in [1.29, 1.82) is 0 Å². The molecular weight excluding hydrogens is 343 g/mol. The molecule has 0 bridgehead atoms. The number of carbonyl (C=O) groups excluding carboxylic acids is 2. The highest BCUT2D eigenvalue weighted by molar-refractivity contribution is 9.10. The lowest BCUT2D eigenvalue weighted by molar-refractivity contribution is 0.0470. The summed E-state index contributed by atoms with van der Waals surface area (Å²) in [7, 11) is 0. The molecule has 108 valence electrons. The fourth-order valence-electron chi connectivity index (χ4n) is 1.65. The molecule has 0 spiro atoms. The van der Waals surface area contributed by atoms with Crippen LogP contribution in [-0.2, 0) is 4.74 Å². The molecule has 1 N–H and O–H groups in total. The van der Waals surface area contributed by atoms with Crippen molar-refractivity contribution < 1.29 is 23.8 Å². The Morgan fingerprint density at radius 3 is 2.57 bits per heavy atom. The highest BCUT2D eigenvalue weighted by Crippen LogP contribution is 2.22. The average molecular weight is 353 g/mol. The topological polar surface area (TPSA) is 63.6 Å². The van der Waals surface area contributed by atoms with E-state index in [0.29, 0.717) is 4.47 Å². The van der Waals surface area contributed by atoms with E-state index in [1.807, 2.05) is 0 Å². The molecule has 0 aliphatic rings. The number of hydrogen-bond donors (Lipinski definition) is 1. The predicted molar refractivity (Wildman–Crippen MR) is 76.8 cm³/mol. The SMILES string of the molecule is O=C(OCC(=O)c1ccccc1F)c1cc(Br)ccc1O. The van der Waals surface area contributed by atoms with Crippen molar-refractivity contribution in [3.8, 4) is 5.75 Å². The van der Waals surface area contributed by atoms with Gasteiger partial charge in [-0.2, -0.15) is 0 Å². The van der Waals surface area contributed by atoms with E-state index in [4.69, 9.17) is 4.74 Å². The third-order valence-electron chi connectivity index (χ3n) is 2.69. The summed E-state index contributed by atoms with van der Waals surface area (Å²) in [5, 5.41) is 9.57. The highest BCUT2D eigenvalue weighted by Gasteiger charge is 2.17. The molecule has 6 heteroatoms. The van der Waals surface area contributed by atoms with Gasteiger partial charge in [0.05, 0.1) is 5.56 Å². The first kappa shape index (κ1) is 15.2. The third-order valence-corrected chi connectivity index (χ3v) is 3.18. The van der Waals surface area contributed by atoms with Crippen molar-refractivity contribution in [2.24, 2.45) is 0 Å². The number of benzene rings is 2. The quantitative estimate of drug-likeness (QED) is 0.677. The third kappa shape index (κ3) is 3.66. The second kappa shape index (κ2) is 6.49. The monoisotopic (exact) mass is 352 g/mol. The summed E-state index contributed by atoms with van der Waals surface area (Å²) in [6, 6.07) is 9.66. The number of Topliss-reactive ketones (excluding diaryl/α,β-unsaturated/α-hetero) is 1. The van der Waals surface area contributed by atoms with Gasteiger partial charge < -0.3 is 9.84 Å². The zero-order valence-corrected chi connectivity index (χ0v) is 12.3. The first-order valence-electron chi connectivity index (χ1n) is 5.92. The van der Waals surface area contributed by atoms with Gasteiger partial charge in [0.2, 0.25) is 5.78 Å². The summed E-state index contributed by atoms with van der Waals surface area (Å²) < 4.78 is 18.8. The van der Waals surface area contributed by atoms with E-state index in [-0.39, 0.29) is 16.9 Å². The van der Waals surface area contributed by atoms with E-state index in [0.717, 1.165) is 6.07 Å². The molecule has 0 aliphatic carbocycles. The van der Waals surface area contributed by atoms with E-state index in [2.05, 4.69) is 15.9 Å². The second-order valence-corrected chi connectivity index (χ2v) is 5.06. The van der Waals surface area contributed by atoms with E-state index in [1.54, 1.807) is 6.07 Å². The summed E-state index contributed by atoms with van der Waals surface area (Å²) in [5.74, 6) is -2.46. The number of aromatic hydroxyl groups is 1. The highest BCUT2D eigenvalue weighted by atomic mass is 79.9. The number of esters is 1. The number of phenols is 1. The van der Waals surface area contributed by atoms with Gasteiger partial charge in [-0.15, -0.1) is 0 Å². The Hall–Kier alpha value is -2.21. The van der Waals surface area contributed by atoms with Crippen LogP contribution in [0.2, 0.25) is 0 Å². The minimum Gasteiger partial charge on any atom is -0.507 e. The number of halogens is 2. The molecule has 0 saturated carbocycles. The van der Waals surface area contributed by atoms with Gasteiger partial charge in [0.15, 0.2) is 6.61 Å². The van der Waals surface area contributed by atoms with Crippen LogP contribution in [0.1, 0.15) is 20.7 Å². The largest absolute Gasteiger partial charge is 0.507 e. The molecule has 0 unspecified atom stereocenters. The predicted octanol–water partition coefficient (Wildman–Crippen LogP) is 3.33. The first-order valence-corrected chi connectivity index (χ1v) is 6.71. The van der Waals surface area contributed by atoms with Gasteiger partial charge in [-0.25, -0.2) is 9.18 Å². The maximum absolute atomic E-state index is 13.4. The Morgan fingerprint density at radius 2 is 1.86 bits per heavy atom. The lowest BCUT2D eigenvalue weighted by Crippen LogP contribution is -2.15. The zero-order valence-electron chi connectivity index (χ0n) is 10.7. The van der Waals surface area contributed by atoms with Crippen molar-refractivity contribution in [2.45, 2.75) is 0 Å². The molecule has 0 atom stereocenters. The van der Waals surface area contributed by atoms with Crippen molar-refractivity contribution in [3.05, 3.63) is 63.9 Å². The minimum absolute atomic E-state index is 0.0780. The van der Waals surface area contributed by atoms with Crippen LogP contribution in [0.25, 0.3) is 0 Å². The molecule has 0 fully saturated rings. The maximum Gasteiger partial charge on any atom is 0.342 e. The van der Waals surface area contributed by atoms with Gasteiger partial charge in [-0.05, 0) is 30.3 Å². The number of rotatable bonds is 4.